The van der Waals surface area contributed by atoms with E-state index in [9.17, 15) is 13.2 Å². The van der Waals surface area contributed by atoms with Crippen molar-refractivity contribution in [3.8, 4) is 0 Å². The Bertz CT molecular complexity index is 1400. The second-order valence-electron chi connectivity index (χ2n) is 8.25. The van der Waals surface area contributed by atoms with Gasteiger partial charge in [0.1, 0.15) is 6.04 Å². The van der Waals surface area contributed by atoms with E-state index in [2.05, 4.69) is 16.4 Å². The summed E-state index contributed by atoms with van der Waals surface area (Å²) in [5.74, 6) is -0.274. The van der Waals surface area contributed by atoms with Crippen LogP contribution in [0.2, 0.25) is 0 Å². The van der Waals surface area contributed by atoms with E-state index in [0.29, 0.717) is 19.4 Å². The average molecular weight is 460 g/mol. The van der Waals surface area contributed by atoms with Crippen molar-refractivity contribution < 1.29 is 13.2 Å². The minimum Gasteiger partial charge on any atom is -0.361 e. The fraction of sp³-hybridized carbons (Fsp3) is 0.192. The van der Waals surface area contributed by atoms with Gasteiger partial charge in [-0.15, -0.1) is 0 Å². The number of aromatic amines is 1. The van der Waals surface area contributed by atoms with Crippen molar-refractivity contribution in [2.24, 2.45) is 0 Å². The number of nitrogens with zero attached hydrogens (tertiary/aromatic N) is 1. The smallest absolute Gasteiger partial charge is 0.244 e. The Morgan fingerprint density at radius 2 is 1.64 bits per heavy atom. The summed E-state index contributed by atoms with van der Waals surface area (Å²) in [5, 5.41) is 4.11. The first-order valence-corrected chi connectivity index (χ1v) is 12.4. The predicted octanol–water partition coefficient (Wildman–Crippen LogP) is 3.64. The number of para-hydroxylation sites is 1. The van der Waals surface area contributed by atoms with Crippen LogP contribution in [0.5, 0.6) is 0 Å². The number of aromatic nitrogens is 1. The Labute approximate surface area is 193 Å². The quantitative estimate of drug-likeness (QED) is 0.462. The monoisotopic (exact) mass is 459 g/mol. The molecule has 1 aromatic heterocycles. The normalized spacial score (nSPS) is 16.4. The summed E-state index contributed by atoms with van der Waals surface area (Å²) in [6.07, 6.45) is 2.96. The molecule has 0 unspecified atom stereocenters. The molecular weight excluding hydrogens is 434 g/mol. The molecule has 1 amide bonds. The number of sulfonamides is 1. The first kappa shape index (κ1) is 21.4. The number of rotatable bonds is 6. The van der Waals surface area contributed by atoms with Crippen LogP contribution in [0.1, 0.15) is 16.7 Å². The van der Waals surface area contributed by atoms with Crippen molar-refractivity contribution in [2.75, 3.05) is 6.54 Å². The summed E-state index contributed by atoms with van der Waals surface area (Å²) in [4.78, 5) is 16.7. The summed E-state index contributed by atoms with van der Waals surface area (Å²) in [5.41, 5.74) is 4.12. The Balaban J connectivity index is 1.37. The van der Waals surface area contributed by atoms with Gasteiger partial charge in [-0.25, -0.2) is 8.42 Å². The van der Waals surface area contributed by atoms with Crippen LogP contribution in [0, 0.1) is 0 Å². The highest BCUT2D eigenvalue weighted by Gasteiger charge is 2.39. The molecule has 168 valence electrons. The molecule has 0 fully saturated rings. The zero-order valence-electron chi connectivity index (χ0n) is 18.1. The van der Waals surface area contributed by atoms with Gasteiger partial charge in [0.05, 0.1) is 4.90 Å². The highest BCUT2D eigenvalue weighted by atomic mass is 32.2. The highest BCUT2D eigenvalue weighted by Crippen LogP contribution is 2.29. The Hall–Kier alpha value is -3.42. The van der Waals surface area contributed by atoms with Crippen LogP contribution in [-0.2, 0) is 34.2 Å². The molecule has 4 aromatic rings. The van der Waals surface area contributed by atoms with Gasteiger partial charge in [0.25, 0.3) is 0 Å². The van der Waals surface area contributed by atoms with Gasteiger partial charge in [0.2, 0.25) is 15.9 Å². The maximum Gasteiger partial charge on any atom is 0.244 e. The van der Waals surface area contributed by atoms with E-state index >= 15 is 0 Å². The molecule has 6 nitrogen and oxygen atoms in total. The average Bonchev–Trinajstić information content (AvgIpc) is 3.27. The number of fused-ring (bicyclic) bond motifs is 2. The molecule has 1 atom stereocenters. The molecule has 0 saturated carbocycles. The highest BCUT2D eigenvalue weighted by molar-refractivity contribution is 7.89. The molecule has 0 aliphatic carbocycles. The van der Waals surface area contributed by atoms with Crippen LogP contribution < -0.4 is 5.32 Å². The van der Waals surface area contributed by atoms with Crippen LogP contribution in [0.3, 0.4) is 0 Å². The summed E-state index contributed by atoms with van der Waals surface area (Å²) in [6.45, 7) is 0.603. The third-order valence-electron chi connectivity index (χ3n) is 6.23. The van der Waals surface area contributed by atoms with E-state index in [0.717, 1.165) is 27.6 Å². The zero-order valence-corrected chi connectivity index (χ0v) is 18.9. The number of H-pyrrole nitrogens is 1. The molecule has 7 heteroatoms. The van der Waals surface area contributed by atoms with Gasteiger partial charge in [0.15, 0.2) is 0 Å². The number of nitrogens with one attached hydrogen (secondary N) is 2. The van der Waals surface area contributed by atoms with Crippen molar-refractivity contribution in [1.29, 1.82) is 0 Å². The Morgan fingerprint density at radius 3 is 2.45 bits per heavy atom. The van der Waals surface area contributed by atoms with Crippen molar-refractivity contribution in [2.45, 2.75) is 30.3 Å². The number of benzene rings is 3. The van der Waals surface area contributed by atoms with Gasteiger partial charge in [-0.05, 0) is 47.7 Å². The van der Waals surface area contributed by atoms with Gasteiger partial charge in [-0.3, -0.25) is 4.79 Å². The van der Waals surface area contributed by atoms with Gasteiger partial charge >= 0.3 is 0 Å². The molecule has 1 aliphatic rings. The second kappa shape index (κ2) is 8.84. The van der Waals surface area contributed by atoms with Crippen LogP contribution in [0.15, 0.2) is 90.0 Å². The predicted molar refractivity (Wildman–Crippen MR) is 128 cm³/mol. The second-order valence-corrected chi connectivity index (χ2v) is 10.1. The fourth-order valence-electron chi connectivity index (χ4n) is 4.48. The molecule has 3 aromatic carbocycles. The van der Waals surface area contributed by atoms with E-state index in [1.54, 1.807) is 30.3 Å². The third kappa shape index (κ3) is 4.17. The maximum atomic E-state index is 13.5. The molecule has 5 rings (SSSR count). The van der Waals surface area contributed by atoms with Crippen LogP contribution in [0.4, 0.5) is 0 Å². The van der Waals surface area contributed by atoms with Crippen molar-refractivity contribution in [3.05, 3.63) is 102 Å². The fourth-order valence-corrected chi connectivity index (χ4v) is 6.07. The standard InChI is InChI=1S/C26H25N3O3S/c30-26(27-15-14-20-17-28-24-13-7-6-12-23(20)24)25-16-19-8-4-5-9-21(19)18-29(25)33(31,32)22-10-2-1-3-11-22/h1-13,17,25,28H,14-16,18H2,(H,27,30)/t25-/m1/s1. The van der Waals surface area contributed by atoms with E-state index < -0.39 is 16.1 Å². The molecule has 0 spiro atoms. The first-order valence-electron chi connectivity index (χ1n) is 11.0. The number of hydrogen-bond donors (Lipinski definition) is 2. The molecule has 2 N–H and O–H groups in total. The zero-order chi connectivity index (χ0) is 22.8. The molecule has 33 heavy (non-hydrogen) atoms. The largest absolute Gasteiger partial charge is 0.361 e. The summed E-state index contributed by atoms with van der Waals surface area (Å²) < 4.78 is 28.3. The van der Waals surface area contributed by atoms with Gasteiger partial charge in [0, 0.05) is 30.2 Å². The summed E-state index contributed by atoms with van der Waals surface area (Å²) >= 11 is 0. The molecular formula is C26H25N3O3S. The van der Waals surface area contributed by atoms with Crippen molar-refractivity contribution in [1.82, 2.24) is 14.6 Å². The Morgan fingerprint density at radius 1 is 0.939 bits per heavy atom. The molecule has 0 radical (unpaired) electrons. The lowest BCUT2D eigenvalue weighted by Gasteiger charge is -2.35. The van der Waals surface area contributed by atoms with Crippen LogP contribution in [-0.4, -0.2) is 36.2 Å². The number of hydrogen-bond acceptors (Lipinski definition) is 3. The summed E-state index contributed by atoms with van der Waals surface area (Å²) in [6, 6.07) is 23.3. The lowest BCUT2D eigenvalue weighted by Crippen LogP contribution is -2.52. The number of carbonyl (C=O) groups excluding carboxylic acids is 1. The molecule has 0 bridgehead atoms. The third-order valence-corrected chi connectivity index (χ3v) is 8.10. The Kier molecular flexibility index (Phi) is 5.74. The van der Waals surface area contributed by atoms with Gasteiger partial charge < -0.3 is 10.3 Å². The van der Waals surface area contributed by atoms with Crippen molar-refractivity contribution in [3.63, 3.8) is 0 Å². The van der Waals surface area contributed by atoms with E-state index in [1.807, 2.05) is 48.7 Å². The van der Waals surface area contributed by atoms with Gasteiger partial charge in [-0.2, -0.15) is 4.31 Å². The topological polar surface area (TPSA) is 82.3 Å². The maximum absolute atomic E-state index is 13.5. The van der Waals surface area contributed by atoms with E-state index in [4.69, 9.17) is 0 Å². The van der Waals surface area contributed by atoms with E-state index in [-0.39, 0.29) is 17.3 Å². The molecule has 1 aliphatic heterocycles. The number of amides is 1. The lowest BCUT2D eigenvalue weighted by molar-refractivity contribution is -0.125. The minimum atomic E-state index is -3.83. The van der Waals surface area contributed by atoms with Crippen molar-refractivity contribution >= 4 is 26.8 Å². The lowest BCUT2D eigenvalue weighted by atomic mass is 9.95. The summed E-state index contributed by atoms with van der Waals surface area (Å²) in [7, 11) is -3.83. The minimum absolute atomic E-state index is 0.175. The van der Waals surface area contributed by atoms with Crippen LogP contribution in [0.25, 0.3) is 10.9 Å². The van der Waals surface area contributed by atoms with Crippen LogP contribution >= 0.6 is 0 Å². The first-order chi connectivity index (χ1) is 16.0. The van der Waals surface area contributed by atoms with Gasteiger partial charge in [-0.1, -0.05) is 60.7 Å². The molecule has 0 saturated heterocycles. The molecule has 2 heterocycles. The SMILES string of the molecule is O=C(NCCc1c[nH]c2ccccc12)[C@H]1Cc2ccccc2CN1S(=O)(=O)c1ccccc1. The van der Waals surface area contributed by atoms with E-state index in [1.165, 1.54) is 4.31 Å². The number of carbonyl (C=O) groups is 1.